The summed E-state index contributed by atoms with van der Waals surface area (Å²) in [6, 6.07) is 9.71. The highest BCUT2D eigenvalue weighted by molar-refractivity contribution is 9.10. The Morgan fingerprint density at radius 1 is 1.45 bits per heavy atom. The van der Waals surface area contributed by atoms with E-state index in [9.17, 15) is 4.79 Å². The topological polar surface area (TPSA) is 65.8 Å². The number of thiazole rings is 1. The second kappa shape index (κ2) is 6.64. The van der Waals surface area contributed by atoms with Gasteiger partial charge >= 0.3 is 0 Å². The molecule has 0 bridgehead atoms. The number of nitrogens with zero attached hydrogens (tertiary/aromatic N) is 2. The Bertz CT molecular complexity index is 658. The minimum absolute atomic E-state index is 0.158. The summed E-state index contributed by atoms with van der Waals surface area (Å²) in [4.78, 5) is 17.0. The van der Waals surface area contributed by atoms with Crippen molar-refractivity contribution in [2.24, 2.45) is 0 Å². The van der Waals surface area contributed by atoms with Gasteiger partial charge in [0.25, 0.3) is 0 Å². The monoisotopic (exact) mass is 349 g/mol. The summed E-state index contributed by atoms with van der Waals surface area (Å²) in [7, 11) is 0. The fraction of sp³-hybridized carbons (Fsp3) is 0.214. The second-order valence-corrected chi connectivity index (χ2v) is 6.03. The molecular formula is C14H12BrN3OS. The van der Waals surface area contributed by atoms with Crippen LogP contribution in [0.25, 0.3) is 11.3 Å². The van der Waals surface area contributed by atoms with Gasteiger partial charge in [0, 0.05) is 14.9 Å². The van der Waals surface area contributed by atoms with Crippen LogP contribution in [0.1, 0.15) is 18.2 Å². The average molecular weight is 350 g/mol. The second-order valence-electron chi connectivity index (χ2n) is 4.03. The fourth-order valence-corrected chi connectivity index (χ4v) is 2.92. The number of hydrogen-bond donors (Lipinski definition) is 1. The molecule has 0 aliphatic carbocycles. The molecule has 2 rings (SSSR count). The van der Waals surface area contributed by atoms with E-state index in [-0.39, 0.29) is 12.3 Å². The summed E-state index contributed by atoms with van der Waals surface area (Å²) in [6.07, 6.45) is 0.686. The highest BCUT2D eigenvalue weighted by Crippen LogP contribution is 2.32. The molecule has 0 saturated carbocycles. The van der Waals surface area contributed by atoms with Crippen LogP contribution in [-0.4, -0.2) is 10.9 Å². The summed E-state index contributed by atoms with van der Waals surface area (Å²) < 4.78 is 1.01. The van der Waals surface area contributed by atoms with Crippen LogP contribution in [0.4, 0.5) is 5.13 Å². The Balaban J connectivity index is 2.29. The van der Waals surface area contributed by atoms with E-state index in [2.05, 4.69) is 33.2 Å². The first-order valence-electron chi connectivity index (χ1n) is 6.06. The normalized spacial score (nSPS) is 10.1. The molecule has 0 saturated heterocycles. The van der Waals surface area contributed by atoms with Gasteiger partial charge in [0.05, 0.1) is 11.8 Å². The summed E-state index contributed by atoms with van der Waals surface area (Å²) in [5.74, 6) is -0.328. The number of nitrogens with one attached hydrogen (secondary N) is 1. The van der Waals surface area contributed by atoms with Crippen LogP contribution >= 0.6 is 27.3 Å². The molecule has 0 unspecified atom stereocenters. The molecule has 102 valence electrons. The number of nitriles is 1. The van der Waals surface area contributed by atoms with Crippen molar-refractivity contribution in [3.8, 4) is 17.3 Å². The lowest BCUT2D eigenvalue weighted by molar-refractivity contribution is -0.115. The van der Waals surface area contributed by atoms with E-state index in [1.165, 1.54) is 11.3 Å². The van der Waals surface area contributed by atoms with Crippen molar-refractivity contribution in [1.82, 2.24) is 4.98 Å². The Hall–Kier alpha value is -1.71. The van der Waals surface area contributed by atoms with Gasteiger partial charge in [-0.25, -0.2) is 4.98 Å². The van der Waals surface area contributed by atoms with E-state index in [4.69, 9.17) is 5.26 Å². The minimum Gasteiger partial charge on any atom is -0.301 e. The van der Waals surface area contributed by atoms with Gasteiger partial charge in [-0.1, -0.05) is 35.0 Å². The van der Waals surface area contributed by atoms with E-state index in [1.807, 2.05) is 30.3 Å². The van der Waals surface area contributed by atoms with Crippen LogP contribution < -0.4 is 5.32 Å². The molecule has 1 amide bonds. The van der Waals surface area contributed by atoms with E-state index in [0.29, 0.717) is 5.13 Å². The molecule has 6 heteroatoms. The molecule has 0 aliphatic heterocycles. The number of aromatic nitrogens is 1. The third-order valence-corrected chi connectivity index (χ3v) is 4.27. The van der Waals surface area contributed by atoms with Gasteiger partial charge in [-0.3, -0.25) is 4.79 Å². The minimum atomic E-state index is -0.328. The van der Waals surface area contributed by atoms with Crippen LogP contribution in [-0.2, 0) is 11.2 Å². The van der Waals surface area contributed by atoms with Crippen molar-refractivity contribution in [1.29, 1.82) is 5.26 Å². The number of amides is 1. The van der Waals surface area contributed by atoms with Gasteiger partial charge < -0.3 is 5.32 Å². The number of carbonyl (C=O) groups is 1. The average Bonchev–Trinajstić information content (AvgIpc) is 2.82. The van der Waals surface area contributed by atoms with Gasteiger partial charge in [0.15, 0.2) is 5.13 Å². The van der Waals surface area contributed by atoms with Gasteiger partial charge in [-0.2, -0.15) is 5.26 Å². The third kappa shape index (κ3) is 3.44. The van der Waals surface area contributed by atoms with Crippen molar-refractivity contribution in [3.63, 3.8) is 0 Å². The lowest BCUT2D eigenvalue weighted by Crippen LogP contribution is -2.09. The molecule has 0 spiro atoms. The quantitative estimate of drug-likeness (QED) is 0.907. The number of anilines is 1. The highest BCUT2D eigenvalue weighted by Gasteiger charge is 2.13. The molecule has 0 aliphatic rings. The number of rotatable bonds is 4. The molecule has 1 N–H and O–H groups in total. The first-order valence-corrected chi connectivity index (χ1v) is 7.67. The van der Waals surface area contributed by atoms with Crippen LogP contribution in [0.5, 0.6) is 0 Å². The predicted octanol–water partition coefficient (Wildman–Crippen LogP) is 3.99. The summed E-state index contributed by atoms with van der Waals surface area (Å²) in [5, 5.41) is 11.7. The molecule has 2 aromatic rings. The summed E-state index contributed by atoms with van der Waals surface area (Å²) in [5.41, 5.74) is 1.90. The Morgan fingerprint density at radius 3 is 2.75 bits per heavy atom. The van der Waals surface area contributed by atoms with Gasteiger partial charge in [-0.05, 0) is 18.6 Å². The van der Waals surface area contributed by atoms with E-state index in [0.717, 1.165) is 27.0 Å². The number of aryl methyl sites for hydroxylation is 1. The molecule has 20 heavy (non-hydrogen) atoms. The van der Waals surface area contributed by atoms with Crippen molar-refractivity contribution in [2.45, 2.75) is 19.8 Å². The van der Waals surface area contributed by atoms with E-state index >= 15 is 0 Å². The lowest BCUT2D eigenvalue weighted by atomic mass is 10.1. The maximum Gasteiger partial charge on any atom is 0.240 e. The van der Waals surface area contributed by atoms with Crippen LogP contribution in [0, 0.1) is 11.3 Å². The molecular weight excluding hydrogens is 338 g/mol. The fourth-order valence-electron chi connectivity index (χ4n) is 1.71. The van der Waals surface area contributed by atoms with Gasteiger partial charge in [-0.15, -0.1) is 11.3 Å². The lowest BCUT2D eigenvalue weighted by Gasteiger charge is -2.00. The predicted molar refractivity (Wildman–Crippen MR) is 83.5 cm³/mol. The highest BCUT2D eigenvalue weighted by atomic mass is 79.9. The number of carbonyl (C=O) groups excluding carboxylic acids is 1. The molecule has 0 atom stereocenters. The zero-order valence-corrected chi connectivity index (χ0v) is 13.2. The molecule has 0 fully saturated rings. The molecule has 0 radical (unpaired) electrons. The first kappa shape index (κ1) is 14.7. The van der Waals surface area contributed by atoms with Crippen molar-refractivity contribution < 1.29 is 4.79 Å². The first-order chi connectivity index (χ1) is 9.63. The zero-order chi connectivity index (χ0) is 14.5. The number of benzene rings is 1. The standard InChI is InChI=1S/C14H12BrN3OS/c1-2-11-13(9-3-5-10(15)6-4-9)18-14(20-11)17-12(19)7-8-16/h3-6H,2,7H2,1H3,(H,17,18,19). The number of hydrogen-bond acceptors (Lipinski definition) is 4. The summed E-state index contributed by atoms with van der Waals surface area (Å²) >= 11 is 4.85. The molecule has 1 aromatic heterocycles. The Labute approximate surface area is 129 Å². The SMILES string of the molecule is CCc1sc(NC(=O)CC#N)nc1-c1ccc(Br)cc1. The molecule has 1 heterocycles. The maximum atomic E-state index is 11.4. The van der Waals surface area contributed by atoms with Crippen LogP contribution in [0.2, 0.25) is 0 Å². The third-order valence-electron chi connectivity index (χ3n) is 2.62. The van der Waals surface area contributed by atoms with Crippen LogP contribution in [0.3, 0.4) is 0 Å². The van der Waals surface area contributed by atoms with Crippen molar-refractivity contribution in [2.75, 3.05) is 5.32 Å². The van der Waals surface area contributed by atoms with Crippen LogP contribution in [0.15, 0.2) is 28.7 Å². The zero-order valence-electron chi connectivity index (χ0n) is 10.8. The summed E-state index contributed by atoms with van der Waals surface area (Å²) in [6.45, 7) is 2.05. The molecule has 1 aromatic carbocycles. The van der Waals surface area contributed by atoms with Crippen molar-refractivity contribution in [3.05, 3.63) is 33.6 Å². The van der Waals surface area contributed by atoms with Gasteiger partial charge in [0.1, 0.15) is 6.42 Å². The van der Waals surface area contributed by atoms with Crippen molar-refractivity contribution >= 4 is 38.3 Å². The Morgan fingerprint density at radius 2 is 2.15 bits per heavy atom. The van der Waals surface area contributed by atoms with Gasteiger partial charge in [0.2, 0.25) is 5.91 Å². The smallest absolute Gasteiger partial charge is 0.240 e. The largest absolute Gasteiger partial charge is 0.301 e. The van der Waals surface area contributed by atoms with E-state index in [1.54, 1.807) is 0 Å². The Kier molecular flexibility index (Phi) is 4.88. The maximum absolute atomic E-state index is 11.4. The molecule has 4 nitrogen and oxygen atoms in total. The van der Waals surface area contributed by atoms with E-state index < -0.39 is 0 Å². The number of halogens is 1.